The summed E-state index contributed by atoms with van der Waals surface area (Å²) in [5, 5.41) is 6.46. The minimum Gasteiger partial charge on any atom is -0.493 e. The van der Waals surface area contributed by atoms with Crippen molar-refractivity contribution in [1.82, 2.24) is 25.4 Å². The third-order valence-electron chi connectivity index (χ3n) is 10.4. The first-order valence-electron chi connectivity index (χ1n) is 18.3. The van der Waals surface area contributed by atoms with Crippen LogP contribution in [0.4, 0.5) is 4.39 Å². The molecule has 0 aliphatic carbocycles. The molecule has 3 heterocycles. The summed E-state index contributed by atoms with van der Waals surface area (Å²) < 4.78 is 25.2. The van der Waals surface area contributed by atoms with Gasteiger partial charge in [-0.05, 0) is 92.5 Å². The lowest BCUT2D eigenvalue weighted by atomic mass is 9.79. The first-order chi connectivity index (χ1) is 25.5. The van der Waals surface area contributed by atoms with E-state index in [2.05, 4.69) is 15.6 Å². The molecule has 4 amide bonds. The van der Waals surface area contributed by atoms with E-state index in [1.165, 1.54) is 19.2 Å². The quantitative estimate of drug-likeness (QED) is 0.182. The largest absolute Gasteiger partial charge is 0.493 e. The van der Waals surface area contributed by atoms with Crippen molar-refractivity contribution >= 4 is 34.5 Å². The van der Waals surface area contributed by atoms with Gasteiger partial charge in [-0.3, -0.25) is 19.2 Å². The van der Waals surface area contributed by atoms with Crippen LogP contribution in [-0.4, -0.2) is 90.9 Å². The van der Waals surface area contributed by atoms with E-state index < -0.39 is 12.0 Å². The molecule has 6 rings (SSSR count). The SMILES string of the molecule is CNC(=O)[C@H](CCCc1ccccc1)NC(=O)C1CN(C(=O)Cc2c[nH]c3cc(F)ccc23)CC2CN(C(=O)c3ccc(OC(C)C)c(OC)c3)CC21. The predicted molar refractivity (Wildman–Crippen MR) is 199 cm³/mol. The Morgan fingerprint density at radius 3 is 2.45 bits per heavy atom. The van der Waals surface area contributed by atoms with Crippen LogP contribution in [0.1, 0.15) is 48.2 Å². The van der Waals surface area contributed by atoms with Crippen molar-refractivity contribution in [3.05, 3.63) is 95.4 Å². The number of H-pyrrole nitrogens is 1. The minimum atomic E-state index is -0.759. The summed E-state index contributed by atoms with van der Waals surface area (Å²) >= 11 is 0. The zero-order valence-corrected chi connectivity index (χ0v) is 30.7. The van der Waals surface area contributed by atoms with Gasteiger partial charge >= 0.3 is 0 Å². The molecule has 0 spiro atoms. The standard InChI is InChI=1S/C41H48FN5O6/c1-25(2)53-36-16-13-27(17-37(36)52-4)41(51)47-22-29-21-46(38(48)18-28-20-44-35-19-30(42)14-15-31(28)35)24-33(32(29)23-47)39(49)45-34(40(50)43-3)12-8-11-26-9-6-5-7-10-26/h5-7,9-10,13-17,19-20,25,29,32-34,44H,8,11-12,18,21-24H2,1-4H3,(H,43,50)(H,45,49)/t29?,32?,33?,34-/m0/s1. The molecule has 2 aliphatic rings. The fourth-order valence-corrected chi connectivity index (χ4v) is 7.71. The van der Waals surface area contributed by atoms with E-state index in [1.54, 1.807) is 47.3 Å². The number of benzene rings is 3. The number of nitrogens with one attached hydrogen (secondary N) is 3. The van der Waals surface area contributed by atoms with Crippen LogP contribution in [0.15, 0.2) is 72.9 Å². The van der Waals surface area contributed by atoms with Crippen LogP contribution in [0.5, 0.6) is 11.5 Å². The number of carbonyl (C=O) groups is 4. The summed E-state index contributed by atoms with van der Waals surface area (Å²) in [6.07, 6.45) is 3.58. The van der Waals surface area contributed by atoms with E-state index in [0.29, 0.717) is 55.1 Å². The van der Waals surface area contributed by atoms with Gasteiger partial charge in [0.2, 0.25) is 17.7 Å². The molecule has 12 heteroatoms. The lowest BCUT2D eigenvalue weighted by Gasteiger charge is -2.40. The number of aromatic amines is 1. The van der Waals surface area contributed by atoms with Crippen molar-refractivity contribution in [2.75, 3.05) is 40.3 Å². The number of hydrogen-bond donors (Lipinski definition) is 3. The number of methoxy groups -OCH3 is 1. The zero-order valence-electron chi connectivity index (χ0n) is 30.7. The molecular formula is C41H48FN5O6. The summed E-state index contributed by atoms with van der Waals surface area (Å²) in [6, 6.07) is 18.7. The van der Waals surface area contributed by atoms with Crippen molar-refractivity contribution in [3.63, 3.8) is 0 Å². The van der Waals surface area contributed by atoms with Gasteiger partial charge in [0.05, 0.1) is 25.6 Å². The first-order valence-corrected chi connectivity index (χ1v) is 18.3. The fourth-order valence-electron chi connectivity index (χ4n) is 7.71. The summed E-state index contributed by atoms with van der Waals surface area (Å²) in [5.74, 6) is -1.45. The molecule has 4 aromatic rings. The van der Waals surface area contributed by atoms with Crippen LogP contribution in [0.2, 0.25) is 0 Å². The minimum absolute atomic E-state index is 0.0605. The topological polar surface area (TPSA) is 133 Å². The number of fused-ring (bicyclic) bond motifs is 2. The molecule has 280 valence electrons. The molecule has 4 atom stereocenters. The maximum absolute atomic E-state index is 14.2. The Hall–Kier alpha value is -5.39. The van der Waals surface area contributed by atoms with Crippen LogP contribution in [0.3, 0.4) is 0 Å². The molecule has 2 fully saturated rings. The molecule has 0 radical (unpaired) electrons. The van der Waals surface area contributed by atoms with Gasteiger partial charge in [-0.15, -0.1) is 0 Å². The van der Waals surface area contributed by atoms with Gasteiger partial charge in [-0.25, -0.2) is 4.39 Å². The molecule has 0 saturated carbocycles. The second kappa shape index (κ2) is 16.5. The van der Waals surface area contributed by atoms with Crippen molar-refractivity contribution < 1.29 is 33.0 Å². The Morgan fingerprint density at radius 1 is 0.943 bits per heavy atom. The number of likely N-dealkylation sites (tertiary alicyclic amines) is 2. The molecule has 11 nitrogen and oxygen atoms in total. The molecule has 3 unspecified atom stereocenters. The number of ether oxygens (including phenoxy) is 2. The number of likely N-dealkylation sites (N-methyl/N-ethyl adjacent to an activating group) is 1. The van der Waals surface area contributed by atoms with Gasteiger partial charge in [0.25, 0.3) is 5.91 Å². The number of hydrogen-bond acceptors (Lipinski definition) is 6. The average Bonchev–Trinajstić information content (AvgIpc) is 3.77. The number of piperidine rings is 1. The molecule has 0 bridgehead atoms. The van der Waals surface area contributed by atoms with E-state index in [1.807, 2.05) is 44.2 Å². The normalized spacial score (nSPS) is 18.8. The predicted octanol–water partition coefficient (Wildman–Crippen LogP) is 4.75. The Kier molecular flexibility index (Phi) is 11.6. The second-order valence-corrected chi connectivity index (χ2v) is 14.3. The van der Waals surface area contributed by atoms with Crippen molar-refractivity contribution in [2.45, 2.75) is 51.7 Å². The lowest BCUT2D eigenvalue weighted by molar-refractivity contribution is -0.140. The summed E-state index contributed by atoms with van der Waals surface area (Å²) in [5.41, 5.74) is 2.91. The second-order valence-electron chi connectivity index (χ2n) is 14.3. The van der Waals surface area contributed by atoms with Crippen LogP contribution < -0.4 is 20.1 Å². The van der Waals surface area contributed by atoms with Crippen molar-refractivity contribution in [2.24, 2.45) is 17.8 Å². The number of rotatable bonds is 13. The van der Waals surface area contributed by atoms with E-state index in [0.717, 1.165) is 22.9 Å². The van der Waals surface area contributed by atoms with E-state index >= 15 is 0 Å². The van der Waals surface area contributed by atoms with Gasteiger partial charge in [0.15, 0.2) is 11.5 Å². The zero-order chi connectivity index (χ0) is 37.6. The summed E-state index contributed by atoms with van der Waals surface area (Å²) in [7, 11) is 3.07. The van der Waals surface area contributed by atoms with Gasteiger partial charge < -0.3 is 34.9 Å². The summed E-state index contributed by atoms with van der Waals surface area (Å²) in [6.45, 7) is 5.01. The number of nitrogens with zero attached hydrogens (tertiary/aromatic N) is 2. The van der Waals surface area contributed by atoms with Gasteiger partial charge in [0.1, 0.15) is 11.9 Å². The number of halogens is 1. The highest BCUT2D eigenvalue weighted by Crippen LogP contribution is 2.38. The van der Waals surface area contributed by atoms with Crippen LogP contribution in [0, 0.1) is 23.6 Å². The third-order valence-corrected chi connectivity index (χ3v) is 10.4. The highest BCUT2D eigenvalue weighted by atomic mass is 19.1. The fraction of sp³-hybridized carbons (Fsp3) is 0.415. The molecule has 53 heavy (non-hydrogen) atoms. The highest BCUT2D eigenvalue weighted by Gasteiger charge is 2.48. The van der Waals surface area contributed by atoms with Crippen LogP contribution in [0.25, 0.3) is 10.9 Å². The monoisotopic (exact) mass is 725 g/mol. The van der Waals surface area contributed by atoms with Crippen LogP contribution in [-0.2, 0) is 27.2 Å². The number of aryl methyl sites for hydroxylation is 1. The molecule has 2 aliphatic heterocycles. The Labute approximate surface area is 309 Å². The van der Waals surface area contributed by atoms with E-state index in [9.17, 15) is 23.6 Å². The lowest BCUT2D eigenvalue weighted by Crippen LogP contribution is -2.56. The van der Waals surface area contributed by atoms with Gasteiger partial charge in [-0.1, -0.05) is 30.3 Å². The van der Waals surface area contributed by atoms with Crippen LogP contribution >= 0.6 is 0 Å². The molecule has 3 aromatic carbocycles. The molecule has 1 aromatic heterocycles. The van der Waals surface area contributed by atoms with Crippen molar-refractivity contribution in [3.8, 4) is 11.5 Å². The molecule has 3 N–H and O–H groups in total. The maximum Gasteiger partial charge on any atom is 0.254 e. The third kappa shape index (κ3) is 8.64. The Balaban J connectivity index is 1.22. The summed E-state index contributed by atoms with van der Waals surface area (Å²) in [4.78, 5) is 61.6. The number of amides is 4. The maximum atomic E-state index is 14.2. The molecule has 2 saturated heterocycles. The smallest absolute Gasteiger partial charge is 0.254 e. The Bertz CT molecular complexity index is 1950. The van der Waals surface area contributed by atoms with Crippen molar-refractivity contribution in [1.29, 1.82) is 0 Å². The van der Waals surface area contributed by atoms with Gasteiger partial charge in [-0.2, -0.15) is 0 Å². The number of carbonyl (C=O) groups excluding carboxylic acids is 4. The molecular weight excluding hydrogens is 677 g/mol. The Morgan fingerprint density at radius 2 is 1.72 bits per heavy atom. The number of aromatic nitrogens is 1. The highest BCUT2D eigenvalue weighted by molar-refractivity contribution is 5.95. The van der Waals surface area contributed by atoms with E-state index in [4.69, 9.17) is 9.47 Å². The van der Waals surface area contributed by atoms with Gasteiger partial charge in [0, 0.05) is 55.9 Å². The first kappa shape index (κ1) is 37.4. The van der Waals surface area contributed by atoms with E-state index in [-0.39, 0.29) is 60.4 Å². The average molecular weight is 726 g/mol.